The van der Waals surface area contributed by atoms with Gasteiger partial charge in [0.05, 0.1) is 0 Å². The van der Waals surface area contributed by atoms with Crippen molar-refractivity contribution >= 4 is 33.9 Å². The summed E-state index contributed by atoms with van der Waals surface area (Å²) in [5.74, 6) is 0.623. The Hall–Kier alpha value is -0.900. The zero-order chi connectivity index (χ0) is 14.7. The number of alkyl halides is 1. The third-order valence-electron chi connectivity index (χ3n) is 3.96. The van der Waals surface area contributed by atoms with Crippen molar-refractivity contribution in [2.45, 2.75) is 39.0 Å². The fourth-order valence-corrected chi connectivity index (χ4v) is 3.38. The van der Waals surface area contributed by atoms with Gasteiger partial charge >= 0.3 is 0 Å². The van der Waals surface area contributed by atoms with Crippen LogP contribution in [0, 0.1) is 0 Å². The highest BCUT2D eigenvalue weighted by Crippen LogP contribution is 2.35. The molecule has 2 heteroatoms. The van der Waals surface area contributed by atoms with Crippen molar-refractivity contribution in [2.24, 2.45) is 0 Å². The molecule has 1 aromatic carbocycles. The number of rotatable bonds is 5. The molecule has 0 aromatic heterocycles. The molecular formula is C18H21IO. The second-order valence-corrected chi connectivity index (χ2v) is 6.62. The van der Waals surface area contributed by atoms with Crippen LogP contribution in [0.3, 0.4) is 0 Å². The molecule has 0 fully saturated rings. The highest BCUT2D eigenvalue weighted by molar-refractivity contribution is 14.1. The lowest BCUT2D eigenvalue weighted by atomic mass is 9.81. The topological polar surface area (TPSA) is 17.1 Å². The number of benzene rings is 1. The summed E-state index contributed by atoms with van der Waals surface area (Å²) in [5, 5.41) is 0. The molecule has 1 unspecified atom stereocenters. The molecule has 0 saturated heterocycles. The van der Waals surface area contributed by atoms with E-state index in [0.29, 0.717) is 5.92 Å². The van der Waals surface area contributed by atoms with Gasteiger partial charge in [-0.15, -0.1) is 0 Å². The molecular weight excluding hydrogens is 359 g/mol. The van der Waals surface area contributed by atoms with E-state index in [2.05, 4.69) is 42.2 Å². The molecule has 1 aromatic rings. The van der Waals surface area contributed by atoms with Crippen LogP contribution in [0.4, 0.5) is 0 Å². The molecule has 2 rings (SSSR count). The molecule has 0 spiro atoms. The first-order valence-corrected chi connectivity index (χ1v) is 8.70. The summed E-state index contributed by atoms with van der Waals surface area (Å²) in [6, 6.07) is 6.09. The van der Waals surface area contributed by atoms with Gasteiger partial charge in [0.1, 0.15) is 0 Å². The molecule has 20 heavy (non-hydrogen) atoms. The van der Waals surface area contributed by atoms with Crippen molar-refractivity contribution in [3.05, 3.63) is 53.1 Å². The first-order chi connectivity index (χ1) is 9.56. The lowest BCUT2D eigenvalue weighted by Crippen LogP contribution is -2.12. The second kappa shape index (κ2) is 6.70. The molecule has 0 radical (unpaired) electrons. The number of carbonyl (C=O) groups is 1. The molecule has 1 aliphatic carbocycles. The van der Waals surface area contributed by atoms with E-state index in [1.165, 1.54) is 29.3 Å². The van der Waals surface area contributed by atoms with E-state index in [1.54, 1.807) is 0 Å². The Morgan fingerprint density at radius 1 is 1.30 bits per heavy atom. The van der Waals surface area contributed by atoms with Gasteiger partial charge in [0.25, 0.3) is 0 Å². The Morgan fingerprint density at radius 3 is 2.75 bits per heavy atom. The fourth-order valence-electron chi connectivity index (χ4n) is 2.84. The lowest BCUT2D eigenvalue weighted by Gasteiger charge is -2.22. The second-order valence-electron chi connectivity index (χ2n) is 5.54. The first-order valence-electron chi connectivity index (χ1n) is 7.17. The summed E-state index contributed by atoms with van der Waals surface area (Å²) in [6.45, 7) is 8.27. The fraction of sp³-hybridized carbons (Fsp3) is 0.389. The highest BCUT2D eigenvalue weighted by atomic mass is 127. The predicted molar refractivity (Wildman–Crippen MR) is 94.7 cm³/mol. The SMILES string of the molecule is C=C1C=C(C)C(=O)c2cccc(C(C)CCCCI)c21. The molecule has 0 amide bonds. The minimum atomic E-state index is 0.147. The molecule has 1 nitrogen and oxygen atoms in total. The van der Waals surface area contributed by atoms with E-state index in [9.17, 15) is 4.79 Å². The predicted octanol–water partition coefficient (Wildman–Crippen LogP) is 5.55. The Bertz CT molecular complexity index is 569. The van der Waals surface area contributed by atoms with Crippen LogP contribution in [0.15, 0.2) is 36.4 Å². The van der Waals surface area contributed by atoms with Crippen LogP contribution >= 0.6 is 22.6 Å². The first kappa shape index (κ1) is 15.5. The molecule has 1 aliphatic rings. The zero-order valence-corrected chi connectivity index (χ0v) is 14.4. The summed E-state index contributed by atoms with van der Waals surface area (Å²) >= 11 is 2.43. The average molecular weight is 380 g/mol. The van der Waals surface area contributed by atoms with Crippen molar-refractivity contribution in [2.75, 3.05) is 4.43 Å². The minimum Gasteiger partial charge on any atom is -0.289 e. The number of hydrogen-bond acceptors (Lipinski definition) is 1. The van der Waals surface area contributed by atoms with Crippen LogP contribution in [0.2, 0.25) is 0 Å². The van der Waals surface area contributed by atoms with Gasteiger partial charge in [-0.2, -0.15) is 0 Å². The lowest BCUT2D eigenvalue weighted by molar-refractivity contribution is 0.103. The Labute approximate surface area is 135 Å². The largest absolute Gasteiger partial charge is 0.289 e. The maximum Gasteiger partial charge on any atom is 0.189 e. The number of fused-ring (bicyclic) bond motifs is 1. The molecule has 0 N–H and O–H groups in total. The third kappa shape index (κ3) is 3.05. The van der Waals surface area contributed by atoms with Crippen molar-refractivity contribution in [1.29, 1.82) is 0 Å². The number of hydrogen-bond donors (Lipinski definition) is 0. The van der Waals surface area contributed by atoms with Gasteiger partial charge in [0, 0.05) is 5.56 Å². The van der Waals surface area contributed by atoms with Gasteiger partial charge in [-0.3, -0.25) is 4.79 Å². The molecule has 0 saturated carbocycles. The highest BCUT2D eigenvalue weighted by Gasteiger charge is 2.23. The number of ketones is 1. The van der Waals surface area contributed by atoms with Crippen molar-refractivity contribution in [3.8, 4) is 0 Å². The Balaban J connectivity index is 2.35. The van der Waals surface area contributed by atoms with Crippen molar-refractivity contribution in [3.63, 3.8) is 0 Å². The quantitative estimate of drug-likeness (QED) is 0.372. The maximum atomic E-state index is 12.3. The van der Waals surface area contributed by atoms with E-state index < -0.39 is 0 Å². The van der Waals surface area contributed by atoms with Gasteiger partial charge in [-0.25, -0.2) is 0 Å². The van der Waals surface area contributed by atoms with Gasteiger partial charge in [-0.1, -0.05) is 60.7 Å². The normalized spacial score (nSPS) is 15.8. The average Bonchev–Trinajstić information content (AvgIpc) is 2.44. The van der Waals surface area contributed by atoms with Crippen LogP contribution < -0.4 is 0 Å². The zero-order valence-electron chi connectivity index (χ0n) is 12.2. The van der Waals surface area contributed by atoms with Crippen LogP contribution in [-0.4, -0.2) is 10.2 Å². The number of carbonyl (C=O) groups excluding carboxylic acids is 1. The van der Waals surface area contributed by atoms with E-state index in [0.717, 1.165) is 22.3 Å². The van der Waals surface area contributed by atoms with Gasteiger partial charge < -0.3 is 0 Å². The third-order valence-corrected chi connectivity index (χ3v) is 4.73. The Kier molecular flexibility index (Phi) is 5.19. The minimum absolute atomic E-state index is 0.147. The van der Waals surface area contributed by atoms with Crippen LogP contribution in [0.5, 0.6) is 0 Å². The van der Waals surface area contributed by atoms with E-state index in [1.807, 2.05) is 25.1 Å². The standard InChI is InChI=1S/C18H21IO/c1-12(7-4-5-10-19)15-8-6-9-16-17(15)13(2)11-14(3)18(16)20/h6,8-9,11-12H,2,4-5,7,10H2,1,3H3. The van der Waals surface area contributed by atoms with E-state index in [-0.39, 0.29) is 5.78 Å². The molecule has 0 heterocycles. The summed E-state index contributed by atoms with van der Waals surface area (Å²) in [6.07, 6.45) is 5.59. The molecule has 0 bridgehead atoms. The van der Waals surface area contributed by atoms with Crippen LogP contribution in [-0.2, 0) is 0 Å². The number of unbranched alkanes of at least 4 members (excludes halogenated alkanes) is 1. The molecule has 0 aliphatic heterocycles. The van der Waals surface area contributed by atoms with E-state index in [4.69, 9.17) is 0 Å². The van der Waals surface area contributed by atoms with Crippen molar-refractivity contribution in [1.82, 2.24) is 0 Å². The smallest absolute Gasteiger partial charge is 0.189 e. The van der Waals surface area contributed by atoms with Crippen LogP contribution in [0.25, 0.3) is 5.57 Å². The summed E-state index contributed by atoms with van der Waals surface area (Å²) in [5.41, 5.74) is 4.95. The monoisotopic (exact) mass is 380 g/mol. The number of allylic oxidation sites excluding steroid dienone is 3. The molecule has 106 valence electrons. The summed E-state index contributed by atoms with van der Waals surface area (Å²) < 4.78 is 1.21. The number of Topliss-reactive ketones (excluding diaryl/α,β-unsaturated/α-hetero) is 1. The maximum absolute atomic E-state index is 12.3. The number of halogens is 1. The van der Waals surface area contributed by atoms with E-state index >= 15 is 0 Å². The van der Waals surface area contributed by atoms with Crippen molar-refractivity contribution < 1.29 is 4.79 Å². The van der Waals surface area contributed by atoms with Gasteiger partial charge in [0.2, 0.25) is 0 Å². The van der Waals surface area contributed by atoms with Gasteiger partial charge in [-0.05, 0) is 58.5 Å². The van der Waals surface area contributed by atoms with Crippen LogP contribution in [0.1, 0.15) is 60.5 Å². The summed E-state index contributed by atoms with van der Waals surface area (Å²) in [7, 11) is 0. The van der Waals surface area contributed by atoms with Gasteiger partial charge in [0.15, 0.2) is 5.78 Å². The molecule has 1 atom stereocenters. The Morgan fingerprint density at radius 2 is 2.05 bits per heavy atom. The summed E-state index contributed by atoms with van der Waals surface area (Å²) in [4.78, 5) is 12.3.